The molecule has 0 N–H and O–H groups in total. The fraction of sp³-hybridized carbons (Fsp3) is 1.00. The highest BCUT2D eigenvalue weighted by Gasteiger charge is 2.79. The van der Waals surface area contributed by atoms with Gasteiger partial charge in [0.2, 0.25) is 14.6 Å². The minimum atomic E-state index is -2.26. The molecule has 0 saturated carbocycles. The highest BCUT2D eigenvalue weighted by Crippen LogP contribution is 2.62. The van der Waals surface area contributed by atoms with Gasteiger partial charge < -0.3 is 4.57 Å². The summed E-state index contributed by atoms with van der Waals surface area (Å²) in [5.41, 5.74) is 0. The Balaban J connectivity index is 6.64. The van der Waals surface area contributed by atoms with Crippen LogP contribution >= 0.6 is 168 Å². The first-order valence-electron chi connectivity index (χ1n) is 6.13. The number of hydrogen-bond acceptors (Lipinski definition) is 1. The van der Waals surface area contributed by atoms with E-state index in [0.717, 1.165) is 0 Å². The Kier molecular flexibility index (Phi) is 13.1. The summed E-state index contributed by atoms with van der Waals surface area (Å²) in [5.74, 6) is -2.26. The van der Waals surface area contributed by atoms with Crippen LogP contribution in [0, 0.1) is 0 Å². The average molecular weight is 1120 g/mol. The van der Waals surface area contributed by atoms with E-state index in [-0.39, 0.29) is 0 Å². The van der Waals surface area contributed by atoms with Gasteiger partial charge in [-0.25, -0.2) is 0 Å². The Morgan fingerprint density at radius 1 is 0.522 bits per heavy atom. The Morgan fingerprint density at radius 3 is 1.00 bits per heavy atom. The Hall–Kier alpha value is 6.32. The lowest BCUT2D eigenvalue weighted by molar-refractivity contribution is 0.312. The molecule has 0 rings (SSSR count). The van der Waals surface area contributed by atoms with Crippen LogP contribution in [0.1, 0.15) is 27.7 Å². The van der Waals surface area contributed by atoms with Gasteiger partial charge in [-0.1, -0.05) is 119 Å². The summed E-state index contributed by atoms with van der Waals surface area (Å²) in [6.45, 7) is 9.03. The molecular weight excluding hydrogens is 1110 g/mol. The van der Waals surface area contributed by atoms with Crippen molar-refractivity contribution < 1.29 is 0 Å². The molecule has 1 atom stereocenters. The van der Waals surface area contributed by atoms with Gasteiger partial charge in [0, 0.05) is 0 Å². The van der Waals surface area contributed by atoms with Crippen LogP contribution in [0.15, 0.2) is 0 Å². The van der Waals surface area contributed by atoms with Gasteiger partial charge >= 0.3 is 0 Å². The lowest BCUT2D eigenvalue weighted by atomic mass is 10.3. The summed E-state index contributed by atoms with van der Waals surface area (Å²) in [4.78, 5) is 0. The average Bonchev–Trinajstić information content (AvgIpc) is 2.23. The quantitative estimate of drug-likeness (QED) is 0.182. The largest absolute Gasteiger partial charge is 0.312 e. The monoisotopic (exact) mass is 1110 g/mol. The van der Waals surface area contributed by atoms with Crippen molar-refractivity contribution in [2.45, 2.75) is 39.8 Å². The van der Waals surface area contributed by atoms with Crippen molar-refractivity contribution in [1.82, 2.24) is 4.57 Å². The molecular formula is C6H14Br11NSi5. The van der Waals surface area contributed by atoms with E-state index in [1.54, 1.807) is 0 Å². The second-order valence-electron chi connectivity index (χ2n) is 5.36. The summed E-state index contributed by atoms with van der Waals surface area (Å²) in [7, 11) is 0. The summed E-state index contributed by atoms with van der Waals surface area (Å²) in [5, 5.41) is 0. The van der Waals surface area contributed by atoms with Crippen LogP contribution in [-0.4, -0.2) is 38.1 Å². The topological polar surface area (TPSA) is 3.24 Å². The molecule has 0 saturated heterocycles. The molecule has 0 aromatic rings. The Morgan fingerprint density at radius 2 is 0.826 bits per heavy atom. The third kappa shape index (κ3) is 6.19. The van der Waals surface area contributed by atoms with Gasteiger partial charge in [0.15, 0.2) is 0 Å². The maximum absolute atomic E-state index is 4.31. The fourth-order valence-corrected chi connectivity index (χ4v) is 309. The van der Waals surface area contributed by atoms with Crippen molar-refractivity contribution >= 4 is 190 Å². The minimum absolute atomic E-state index is 0.407. The van der Waals surface area contributed by atoms with E-state index < -0.39 is 21.5 Å². The van der Waals surface area contributed by atoms with Crippen LogP contribution in [-0.2, 0) is 0 Å². The SMILES string of the molecule is CC(C)N(C(C)C)[Si](Br)([Si](Br)(Br)Br)[Si](Br)(Br)[Si](Br)(Br)[Si](Br)(Br)Br. The van der Waals surface area contributed by atoms with Gasteiger partial charge in [-0.2, -0.15) is 0 Å². The molecule has 0 aromatic heterocycles. The number of nitrogens with zero attached hydrogens (tertiary/aromatic N) is 1. The second-order valence-corrected chi connectivity index (χ2v) is 134. The molecule has 140 valence electrons. The molecule has 0 aromatic carbocycles. The Bertz CT molecular complexity index is 412. The van der Waals surface area contributed by atoms with Crippen LogP contribution in [0.4, 0.5) is 0 Å². The molecule has 0 aliphatic carbocycles. The van der Waals surface area contributed by atoms with Crippen molar-refractivity contribution in [3.05, 3.63) is 0 Å². The van der Waals surface area contributed by atoms with Crippen LogP contribution < -0.4 is 0 Å². The van der Waals surface area contributed by atoms with Crippen LogP contribution in [0.25, 0.3) is 0 Å². The molecule has 0 fully saturated rings. The molecule has 17 heteroatoms. The van der Waals surface area contributed by atoms with Gasteiger partial charge in [0.25, 0.3) is 6.90 Å². The molecule has 0 spiro atoms. The summed E-state index contributed by atoms with van der Waals surface area (Å²) in [6.07, 6.45) is 0. The number of hydrogen-bond donors (Lipinski definition) is 0. The third-order valence-electron chi connectivity index (χ3n) is 3.01. The highest BCUT2D eigenvalue weighted by molar-refractivity contribution is 9.86. The molecule has 0 amide bonds. The first-order chi connectivity index (χ1) is 9.76. The molecule has 0 aliphatic rings. The lowest BCUT2D eigenvalue weighted by Crippen LogP contribution is -2.83. The van der Waals surface area contributed by atoms with Crippen LogP contribution in [0.2, 0.25) is 0 Å². The van der Waals surface area contributed by atoms with Gasteiger partial charge in [0.1, 0.15) is 0 Å². The third-order valence-corrected chi connectivity index (χ3v) is 244. The van der Waals surface area contributed by atoms with Crippen molar-refractivity contribution in [3.63, 3.8) is 0 Å². The Labute approximate surface area is 229 Å². The maximum atomic E-state index is 4.31. The first-order valence-corrected chi connectivity index (χ1v) is 44.9. The van der Waals surface area contributed by atoms with Gasteiger partial charge in [-0.05, 0) is 12.1 Å². The summed E-state index contributed by atoms with van der Waals surface area (Å²) in [6, 6.07) is 0.814. The molecule has 0 bridgehead atoms. The number of halogens is 11. The van der Waals surface area contributed by atoms with Crippen molar-refractivity contribution in [2.24, 2.45) is 0 Å². The van der Waals surface area contributed by atoms with Crippen LogP contribution in [0.5, 0.6) is 0 Å². The predicted octanol–water partition coefficient (Wildman–Crippen LogP) is 8.97. The highest BCUT2D eigenvalue weighted by atomic mass is 80.0. The standard InChI is InChI=1S/C6H14Br11NSi5/c1-5(2)18(6(3)4)23(17,20(10,11)12)22(15,16)21(13,14)19(7,8)9/h5-6H,1-4H3. The van der Waals surface area contributed by atoms with E-state index >= 15 is 0 Å². The van der Waals surface area contributed by atoms with E-state index in [9.17, 15) is 0 Å². The maximum Gasteiger partial charge on any atom is 0.282 e. The normalized spacial score (nSPS) is 18.0. The zero-order valence-corrected chi connectivity index (χ0v) is 34.7. The second kappa shape index (κ2) is 10.3. The zero-order valence-electron chi connectivity index (χ0n) is 12.3. The van der Waals surface area contributed by atoms with Crippen molar-refractivity contribution in [1.29, 1.82) is 0 Å². The summed E-state index contributed by atoms with van der Waals surface area (Å²) >= 11 is 44.6. The van der Waals surface area contributed by atoms with Gasteiger partial charge in [0.05, 0.1) is 0 Å². The van der Waals surface area contributed by atoms with E-state index in [1.165, 1.54) is 0 Å². The minimum Gasteiger partial charge on any atom is -0.312 e. The molecule has 0 heterocycles. The molecule has 0 radical (unpaired) electrons. The number of rotatable bonds is 7. The molecule has 23 heavy (non-hydrogen) atoms. The van der Waals surface area contributed by atoms with E-state index in [2.05, 4.69) is 200 Å². The van der Waals surface area contributed by atoms with Crippen molar-refractivity contribution in [2.75, 3.05) is 0 Å². The first kappa shape index (κ1) is 29.3. The van der Waals surface area contributed by atoms with Gasteiger partial charge in [-0.15, -0.1) is 76.5 Å². The van der Waals surface area contributed by atoms with E-state index in [1.807, 2.05) is 0 Å². The summed E-state index contributed by atoms with van der Waals surface area (Å²) < 4.78 is -5.82. The molecule has 0 aliphatic heterocycles. The van der Waals surface area contributed by atoms with Crippen LogP contribution in [0.3, 0.4) is 0 Å². The fourth-order valence-electron chi connectivity index (χ4n) is 2.18. The van der Waals surface area contributed by atoms with E-state index in [0.29, 0.717) is 12.1 Å². The van der Waals surface area contributed by atoms with Gasteiger partial charge in [-0.3, -0.25) is 0 Å². The predicted molar refractivity (Wildman–Crippen MR) is 159 cm³/mol. The van der Waals surface area contributed by atoms with E-state index in [4.69, 9.17) is 0 Å². The smallest absolute Gasteiger partial charge is 0.282 e. The molecule has 1 nitrogen and oxygen atoms in total. The zero-order chi connectivity index (χ0) is 19.2. The molecule has 1 unspecified atom stereocenters. The van der Waals surface area contributed by atoms with Crippen molar-refractivity contribution in [3.8, 4) is 0 Å². The lowest BCUT2D eigenvalue weighted by Gasteiger charge is -2.54.